The van der Waals surface area contributed by atoms with Crippen LogP contribution in [-0.2, 0) is 4.79 Å². The summed E-state index contributed by atoms with van der Waals surface area (Å²) in [6.07, 6.45) is 3.08. The quantitative estimate of drug-likeness (QED) is 0.516. The highest BCUT2D eigenvalue weighted by molar-refractivity contribution is 8.00. The molecule has 0 aliphatic carbocycles. The average molecular weight is 309 g/mol. The number of rotatable bonds is 4. The minimum atomic E-state index is -0.316. The van der Waals surface area contributed by atoms with Gasteiger partial charge in [0.1, 0.15) is 11.4 Å². The Kier molecular flexibility index (Phi) is 4.81. The van der Waals surface area contributed by atoms with Gasteiger partial charge in [0, 0.05) is 11.2 Å². The van der Waals surface area contributed by atoms with Crippen LogP contribution in [0, 0.1) is 0 Å². The molecule has 20 heavy (non-hydrogen) atoms. The molecule has 5 nitrogen and oxygen atoms in total. The highest BCUT2D eigenvalue weighted by Gasteiger charge is 2.16. The first-order valence-electron chi connectivity index (χ1n) is 5.85. The number of anilines is 2. The van der Waals surface area contributed by atoms with Gasteiger partial charge in [-0.25, -0.2) is 9.97 Å². The third-order valence-electron chi connectivity index (χ3n) is 2.49. The van der Waals surface area contributed by atoms with Gasteiger partial charge in [0.2, 0.25) is 5.91 Å². The van der Waals surface area contributed by atoms with Crippen molar-refractivity contribution < 1.29 is 4.79 Å². The largest absolute Gasteiger partial charge is 0.397 e. The normalized spacial score (nSPS) is 11.9. The summed E-state index contributed by atoms with van der Waals surface area (Å²) in [7, 11) is 0. The molecule has 0 saturated carbocycles. The molecule has 0 radical (unpaired) electrons. The summed E-state index contributed by atoms with van der Waals surface area (Å²) in [5, 5.41) is 3.70. The molecule has 0 bridgehead atoms. The molecule has 0 aliphatic rings. The maximum absolute atomic E-state index is 12.1. The van der Waals surface area contributed by atoms with Gasteiger partial charge in [-0.1, -0.05) is 23.4 Å². The van der Waals surface area contributed by atoms with Crippen molar-refractivity contribution in [1.29, 1.82) is 0 Å². The van der Waals surface area contributed by atoms with E-state index in [1.54, 1.807) is 37.4 Å². The van der Waals surface area contributed by atoms with E-state index in [9.17, 15) is 4.79 Å². The van der Waals surface area contributed by atoms with Gasteiger partial charge in [-0.15, -0.1) is 0 Å². The van der Waals surface area contributed by atoms with Crippen molar-refractivity contribution in [3.8, 4) is 0 Å². The Bertz CT molecular complexity index is 609. The molecular weight excluding hydrogens is 296 g/mol. The number of nitrogens with zero attached hydrogens (tertiary/aromatic N) is 2. The molecule has 1 heterocycles. The molecule has 1 atom stereocenters. The van der Waals surface area contributed by atoms with Crippen molar-refractivity contribution in [2.45, 2.75) is 17.2 Å². The Hall–Kier alpha value is -1.79. The van der Waals surface area contributed by atoms with Crippen LogP contribution in [0.3, 0.4) is 0 Å². The summed E-state index contributed by atoms with van der Waals surface area (Å²) >= 11 is 7.22. The van der Waals surface area contributed by atoms with E-state index in [0.29, 0.717) is 16.4 Å². The second kappa shape index (κ2) is 6.58. The van der Waals surface area contributed by atoms with E-state index in [1.807, 2.05) is 0 Å². The number of carbonyl (C=O) groups excluding carboxylic acids is 1. The molecule has 2 aromatic rings. The SMILES string of the molecule is CC(Sc1ccncn1)C(=O)Nc1cc(Cl)ccc1N. The predicted molar refractivity (Wildman–Crippen MR) is 81.8 cm³/mol. The summed E-state index contributed by atoms with van der Waals surface area (Å²) in [5.74, 6) is -0.164. The number of benzene rings is 1. The Morgan fingerprint density at radius 3 is 2.95 bits per heavy atom. The van der Waals surface area contributed by atoms with Gasteiger partial charge in [-0.05, 0) is 31.2 Å². The van der Waals surface area contributed by atoms with E-state index in [1.165, 1.54) is 18.1 Å². The molecule has 1 amide bonds. The molecular formula is C13H13ClN4OS. The number of nitrogens with one attached hydrogen (secondary N) is 1. The zero-order valence-corrected chi connectivity index (χ0v) is 12.3. The van der Waals surface area contributed by atoms with Crippen molar-refractivity contribution in [2.75, 3.05) is 11.1 Å². The summed E-state index contributed by atoms with van der Waals surface area (Å²) < 4.78 is 0. The van der Waals surface area contributed by atoms with E-state index in [4.69, 9.17) is 17.3 Å². The monoisotopic (exact) mass is 308 g/mol. The number of nitrogen functional groups attached to an aromatic ring is 1. The molecule has 0 spiro atoms. The van der Waals surface area contributed by atoms with E-state index < -0.39 is 0 Å². The van der Waals surface area contributed by atoms with Gasteiger partial charge in [0.15, 0.2) is 0 Å². The third kappa shape index (κ3) is 3.85. The van der Waals surface area contributed by atoms with Crippen molar-refractivity contribution in [2.24, 2.45) is 0 Å². The standard InChI is InChI=1S/C13H13ClN4OS/c1-8(20-12-4-5-16-7-17-12)13(19)18-11-6-9(14)2-3-10(11)15/h2-8H,15H2,1H3,(H,18,19). The second-order valence-electron chi connectivity index (χ2n) is 4.03. The lowest BCUT2D eigenvalue weighted by Crippen LogP contribution is -2.23. The van der Waals surface area contributed by atoms with Crippen LogP contribution in [0.2, 0.25) is 5.02 Å². The molecule has 0 fully saturated rings. The van der Waals surface area contributed by atoms with Gasteiger partial charge in [-0.2, -0.15) is 0 Å². The summed E-state index contributed by atoms with van der Waals surface area (Å²) in [5.41, 5.74) is 6.78. The smallest absolute Gasteiger partial charge is 0.237 e. The topological polar surface area (TPSA) is 80.9 Å². The van der Waals surface area contributed by atoms with Gasteiger partial charge in [0.25, 0.3) is 0 Å². The Labute approximate surface area is 126 Å². The molecule has 7 heteroatoms. The first-order chi connectivity index (χ1) is 9.56. The maximum atomic E-state index is 12.1. The van der Waals surface area contributed by atoms with E-state index >= 15 is 0 Å². The summed E-state index contributed by atoms with van der Waals surface area (Å²) in [6, 6.07) is 6.70. The molecule has 0 saturated heterocycles. The lowest BCUT2D eigenvalue weighted by atomic mass is 10.2. The number of hydrogen-bond acceptors (Lipinski definition) is 5. The molecule has 2 rings (SSSR count). The maximum Gasteiger partial charge on any atom is 0.237 e. The van der Waals surface area contributed by atoms with Gasteiger partial charge in [-0.3, -0.25) is 4.79 Å². The Morgan fingerprint density at radius 2 is 2.25 bits per heavy atom. The van der Waals surface area contributed by atoms with Crippen LogP contribution in [-0.4, -0.2) is 21.1 Å². The Morgan fingerprint density at radius 1 is 1.45 bits per heavy atom. The number of halogens is 1. The zero-order chi connectivity index (χ0) is 14.5. The number of thioether (sulfide) groups is 1. The lowest BCUT2D eigenvalue weighted by molar-refractivity contribution is -0.115. The lowest BCUT2D eigenvalue weighted by Gasteiger charge is -2.13. The molecule has 3 N–H and O–H groups in total. The summed E-state index contributed by atoms with van der Waals surface area (Å²) in [4.78, 5) is 20.0. The summed E-state index contributed by atoms with van der Waals surface area (Å²) in [6.45, 7) is 1.79. The minimum absolute atomic E-state index is 0.164. The van der Waals surface area contributed by atoms with Crippen LogP contribution < -0.4 is 11.1 Å². The van der Waals surface area contributed by atoms with Gasteiger partial charge in [0.05, 0.1) is 16.6 Å². The first kappa shape index (κ1) is 14.6. The minimum Gasteiger partial charge on any atom is -0.397 e. The predicted octanol–water partition coefficient (Wildman–Crippen LogP) is 2.83. The number of aromatic nitrogens is 2. The van der Waals surface area contributed by atoms with Crippen LogP contribution in [0.1, 0.15) is 6.92 Å². The first-order valence-corrected chi connectivity index (χ1v) is 7.10. The van der Waals surface area contributed by atoms with E-state index in [0.717, 1.165) is 5.03 Å². The van der Waals surface area contributed by atoms with E-state index in [2.05, 4.69) is 15.3 Å². The van der Waals surface area contributed by atoms with Crippen LogP contribution in [0.15, 0.2) is 41.8 Å². The second-order valence-corrected chi connectivity index (χ2v) is 5.83. The van der Waals surface area contributed by atoms with Crippen molar-refractivity contribution >= 4 is 40.6 Å². The van der Waals surface area contributed by atoms with Crippen LogP contribution in [0.25, 0.3) is 0 Å². The zero-order valence-electron chi connectivity index (χ0n) is 10.7. The average Bonchev–Trinajstić information content (AvgIpc) is 2.44. The van der Waals surface area contributed by atoms with Crippen molar-refractivity contribution in [1.82, 2.24) is 9.97 Å². The highest BCUT2D eigenvalue weighted by Crippen LogP contribution is 2.25. The highest BCUT2D eigenvalue weighted by atomic mass is 35.5. The van der Waals surface area contributed by atoms with Gasteiger partial charge < -0.3 is 11.1 Å². The number of carbonyl (C=O) groups is 1. The fraction of sp³-hybridized carbons (Fsp3) is 0.154. The molecule has 1 unspecified atom stereocenters. The number of amides is 1. The van der Waals surface area contributed by atoms with Crippen LogP contribution in [0.5, 0.6) is 0 Å². The Balaban J connectivity index is 2.02. The molecule has 0 aliphatic heterocycles. The molecule has 104 valence electrons. The van der Waals surface area contributed by atoms with E-state index in [-0.39, 0.29) is 11.2 Å². The van der Waals surface area contributed by atoms with Crippen molar-refractivity contribution in [3.63, 3.8) is 0 Å². The number of hydrogen-bond donors (Lipinski definition) is 2. The molecule has 1 aromatic carbocycles. The van der Waals surface area contributed by atoms with Crippen LogP contribution in [0.4, 0.5) is 11.4 Å². The fourth-order valence-corrected chi connectivity index (χ4v) is 2.40. The van der Waals surface area contributed by atoms with Gasteiger partial charge >= 0.3 is 0 Å². The molecule has 1 aromatic heterocycles. The number of nitrogens with two attached hydrogens (primary N) is 1. The van der Waals surface area contributed by atoms with Crippen LogP contribution >= 0.6 is 23.4 Å². The fourth-order valence-electron chi connectivity index (χ4n) is 1.45. The third-order valence-corrected chi connectivity index (χ3v) is 3.78. The van der Waals surface area contributed by atoms with Crippen molar-refractivity contribution in [3.05, 3.63) is 41.8 Å².